The van der Waals surface area contributed by atoms with Crippen molar-refractivity contribution >= 4 is 56.3 Å². The minimum Gasteiger partial charge on any atom is -0.338 e. The second-order valence-corrected chi connectivity index (χ2v) is 5.73. The number of hydrogen-bond donors (Lipinski definition) is 1. The fraction of sp³-hybridized carbons (Fsp3) is 0.0769. The number of nitrogens with zero attached hydrogens (tertiary/aromatic N) is 2. The minimum atomic E-state index is 0.223. The number of halogens is 2. The number of aromatic nitrogens is 2. The molecule has 96 valence electrons. The summed E-state index contributed by atoms with van der Waals surface area (Å²) in [5, 5.41) is 6.98. The summed E-state index contributed by atoms with van der Waals surface area (Å²) in [5.74, 6) is 0.670. The Morgan fingerprint density at radius 1 is 1.16 bits per heavy atom. The fourth-order valence-electron chi connectivity index (χ4n) is 1.79. The Morgan fingerprint density at radius 2 is 2.00 bits per heavy atom. The molecule has 0 unspecified atom stereocenters. The first kappa shape index (κ1) is 12.7. The lowest BCUT2D eigenvalue weighted by molar-refractivity contribution is 1.23. The van der Waals surface area contributed by atoms with Crippen molar-refractivity contribution in [3.8, 4) is 0 Å². The first-order chi connectivity index (χ1) is 9.13. The Bertz CT molecular complexity index is 755. The molecule has 0 radical (unpaired) electrons. The van der Waals surface area contributed by atoms with Crippen molar-refractivity contribution in [3.63, 3.8) is 0 Å². The fourth-order valence-corrected chi connectivity index (χ4v) is 2.93. The van der Waals surface area contributed by atoms with Crippen LogP contribution in [-0.2, 0) is 0 Å². The van der Waals surface area contributed by atoms with Crippen LogP contribution in [0.4, 0.5) is 11.5 Å². The summed E-state index contributed by atoms with van der Waals surface area (Å²) in [6.45, 7) is 2.01. The first-order valence-electron chi connectivity index (χ1n) is 5.57. The van der Waals surface area contributed by atoms with E-state index < -0.39 is 0 Å². The van der Waals surface area contributed by atoms with E-state index in [1.54, 1.807) is 0 Å². The Balaban J connectivity index is 2.10. The smallest absolute Gasteiger partial charge is 0.225 e. The summed E-state index contributed by atoms with van der Waals surface area (Å²) < 4.78 is 0. The highest BCUT2D eigenvalue weighted by Gasteiger charge is 2.09. The standard InChI is InChI=1S/C13H9Cl2N3S/c1-7-2-3-9(14)10(6-7)16-11-8-4-5-19-12(8)18-13(15)17-11/h2-6H,1H3,(H,16,17,18). The quantitative estimate of drug-likeness (QED) is 0.673. The molecule has 2 heterocycles. The molecule has 0 fully saturated rings. The van der Waals surface area contributed by atoms with Gasteiger partial charge in [-0.25, -0.2) is 4.98 Å². The van der Waals surface area contributed by atoms with Crippen molar-refractivity contribution in [1.82, 2.24) is 9.97 Å². The predicted octanol–water partition coefficient (Wildman–Crippen LogP) is 5.05. The number of fused-ring (bicyclic) bond motifs is 1. The number of hydrogen-bond acceptors (Lipinski definition) is 4. The highest BCUT2D eigenvalue weighted by Crippen LogP contribution is 2.31. The molecule has 0 aliphatic carbocycles. The minimum absolute atomic E-state index is 0.223. The number of rotatable bonds is 2. The molecule has 1 N–H and O–H groups in total. The SMILES string of the molecule is Cc1ccc(Cl)c(Nc2nc(Cl)nc3sccc23)c1. The molecule has 0 bridgehead atoms. The molecule has 0 aliphatic heterocycles. The zero-order chi connectivity index (χ0) is 13.4. The van der Waals surface area contributed by atoms with Gasteiger partial charge in [0.25, 0.3) is 0 Å². The van der Waals surface area contributed by atoms with E-state index in [0.29, 0.717) is 10.8 Å². The third kappa shape index (κ3) is 2.52. The topological polar surface area (TPSA) is 37.8 Å². The summed E-state index contributed by atoms with van der Waals surface area (Å²) in [6.07, 6.45) is 0. The number of thiophene rings is 1. The van der Waals surface area contributed by atoms with Gasteiger partial charge in [-0.3, -0.25) is 0 Å². The Hall–Kier alpha value is -1.36. The Kier molecular flexibility index (Phi) is 3.31. The second-order valence-electron chi connectivity index (χ2n) is 4.09. The normalized spacial score (nSPS) is 10.9. The van der Waals surface area contributed by atoms with Gasteiger partial charge in [-0.1, -0.05) is 17.7 Å². The predicted molar refractivity (Wildman–Crippen MR) is 81.9 cm³/mol. The van der Waals surface area contributed by atoms with Crippen LogP contribution in [0.1, 0.15) is 5.56 Å². The van der Waals surface area contributed by atoms with Crippen molar-refractivity contribution in [2.24, 2.45) is 0 Å². The van der Waals surface area contributed by atoms with Gasteiger partial charge in [0.15, 0.2) is 0 Å². The van der Waals surface area contributed by atoms with Crippen molar-refractivity contribution < 1.29 is 0 Å². The van der Waals surface area contributed by atoms with Crippen LogP contribution in [0.2, 0.25) is 10.3 Å². The van der Waals surface area contributed by atoms with E-state index in [1.165, 1.54) is 11.3 Å². The van der Waals surface area contributed by atoms with Gasteiger partial charge in [0, 0.05) is 0 Å². The summed E-state index contributed by atoms with van der Waals surface area (Å²) in [6, 6.07) is 7.74. The maximum absolute atomic E-state index is 6.17. The van der Waals surface area contributed by atoms with Gasteiger partial charge in [0.1, 0.15) is 10.6 Å². The van der Waals surface area contributed by atoms with E-state index >= 15 is 0 Å². The maximum Gasteiger partial charge on any atom is 0.225 e. The summed E-state index contributed by atoms with van der Waals surface area (Å²) in [5.41, 5.74) is 1.93. The highest BCUT2D eigenvalue weighted by atomic mass is 35.5. The van der Waals surface area contributed by atoms with Crippen LogP contribution >= 0.6 is 34.5 Å². The van der Waals surface area contributed by atoms with E-state index in [0.717, 1.165) is 21.5 Å². The third-order valence-corrected chi connectivity index (χ3v) is 3.98. The van der Waals surface area contributed by atoms with E-state index in [4.69, 9.17) is 23.2 Å². The van der Waals surface area contributed by atoms with Crippen molar-refractivity contribution in [1.29, 1.82) is 0 Å². The van der Waals surface area contributed by atoms with Crippen LogP contribution in [0.25, 0.3) is 10.2 Å². The van der Waals surface area contributed by atoms with Crippen molar-refractivity contribution in [2.45, 2.75) is 6.92 Å². The Morgan fingerprint density at radius 3 is 2.84 bits per heavy atom. The van der Waals surface area contributed by atoms with Gasteiger partial charge in [0.05, 0.1) is 16.1 Å². The molecule has 3 nitrogen and oxygen atoms in total. The number of anilines is 2. The molecule has 0 aliphatic rings. The number of aryl methyl sites for hydroxylation is 1. The van der Waals surface area contributed by atoms with Gasteiger partial charge >= 0.3 is 0 Å². The maximum atomic E-state index is 6.17. The molecule has 1 aromatic carbocycles. The summed E-state index contributed by atoms with van der Waals surface area (Å²) in [7, 11) is 0. The van der Waals surface area contributed by atoms with Crippen LogP contribution < -0.4 is 5.32 Å². The van der Waals surface area contributed by atoms with Crippen LogP contribution in [0.3, 0.4) is 0 Å². The van der Waals surface area contributed by atoms with E-state index in [9.17, 15) is 0 Å². The lowest BCUT2D eigenvalue weighted by Gasteiger charge is -2.09. The van der Waals surface area contributed by atoms with Crippen LogP contribution in [0.15, 0.2) is 29.6 Å². The third-order valence-electron chi connectivity index (χ3n) is 2.67. The van der Waals surface area contributed by atoms with Crippen molar-refractivity contribution in [3.05, 3.63) is 45.5 Å². The van der Waals surface area contributed by atoms with Crippen LogP contribution in [0.5, 0.6) is 0 Å². The molecular formula is C13H9Cl2N3S. The average Bonchev–Trinajstić information content (AvgIpc) is 2.82. The molecule has 0 amide bonds. The van der Waals surface area contributed by atoms with E-state index in [2.05, 4.69) is 15.3 Å². The molecule has 0 saturated carbocycles. The highest BCUT2D eigenvalue weighted by molar-refractivity contribution is 7.16. The summed E-state index contributed by atoms with van der Waals surface area (Å²) >= 11 is 13.6. The molecule has 19 heavy (non-hydrogen) atoms. The van der Waals surface area contributed by atoms with Crippen molar-refractivity contribution in [2.75, 3.05) is 5.32 Å². The zero-order valence-corrected chi connectivity index (χ0v) is 12.3. The molecular weight excluding hydrogens is 301 g/mol. The van der Waals surface area contributed by atoms with Gasteiger partial charge in [-0.15, -0.1) is 11.3 Å². The molecule has 0 atom stereocenters. The first-order valence-corrected chi connectivity index (χ1v) is 7.21. The molecule has 6 heteroatoms. The molecule has 3 rings (SSSR count). The largest absolute Gasteiger partial charge is 0.338 e. The van der Waals surface area contributed by atoms with Gasteiger partial charge in [-0.2, -0.15) is 4.98 Å². The molecule has 0 spiro atoms. The van der Waals surface area contributed by atoms with E-state index in [-0.39, 0.29) is 5.28 Å². The van der Waals surface area contributed by atoms with Crippen LogP contribution in [-0.4, -0.2) is 9.97 Å². The number of benzene rings is 1. The lowest BCUT2D eigenvalue weighted by Crippen LogP contribution is -1.97. The monoisotopic (exact) mass is 309 g/mol. The van der Waals surface area contributed by atoms with E-state index in [1.807, 2.05) is 36.6 Å². The molecule has 2 aromatic heterocycles. The molecule has 3 aromatic rings. The molecule has 0 saturated heterocycles. The average molecular weight is 310 g/mol. The van der Waals surface area contributed by atoms with Gasteiger partial charge in [0.2, 0.25) is 5.28 Å². The van der Waals surface area contributed by atoms with Gasteiger partial charge in [-0.05, 0) is 47.7 Å². The summed E-state index contributed by atoms with van der Waals surface area (Å²) in [4.78, 5) is 9.26. The van der Waals surface area contributed by atoms with Crippen LogP contribution in [0, 0.1) is 6.92 Å². The van der Waals surface area contributed by atoms with Gasteiger partial charge < -0.3 is 5.32 Å². The second kappa shape index (κ2) is 4.96. The number of nitrogens with one attached hydrogen (secondary N) is 1. The Labute approximate surface area is 124 Å². The zero-order valence-electron chi connectivity index (χ0n) is 9.95. The lowest BCUT2D eigenvalue weighted by atomic mass is 10.2.